The van der Waals surface area contributed by atoms with Crippen LogP contribution in [0.3, 0.4) is 0 Å². The molecule has 2 rings (SSSR count). The molecule has 0 aliphatic carbocycles. The van der Waals surface area contributed by atoms with Crippen molar-refractivity contribution in [2.24, 2.45) is 5.73 Å². The highest BCUT2D eigenvalue weighted by Crippen LogP contribution is 2.12. The third kappa shape index (κ3) is 7.04. The molecule has 2 aromatic carbocycles. The number of anilines is 2. The fraction of sp³-hybridized carbons (Fsp3) is 0.158. The zero-order valence-electron chi connectivity index (χ0n) is 14.9. The van der Waals surface area contributed by atoms with Gasteiger partial charge in [0.1, 0.15) is 0 Å². The number of nitrogens with two attached hydrogens (primary N) is 1. The summed E-state index contributed by atoms with van der Waals surface area (Å²) >= 11 is 4.76. The maximum Gasteiger partial charge on any atom is 0.303 e. The van der Waals surface area contributed by atoms with Gasteiger partial charge < -0.3 is 26.8 Å². The number of hydrogen-bond donors (Lipinski definition) is 5. The van der Waals surface area contributed by atoms with Gasteiger partial charge in [0.25, 0.3) is 5.91 Å². The van der Waals surface area contributed by atoms with E-state index in [4.69, 9.17) is 23.1 Å². The summed E-state index contributed by atoms with van der Waals surface area (Å²) in [6.45, 7) is -0.202. The summed E-state index contributed by atoms with van der Waals surface area (Å²) in [5, 5.41) is 16.7. The van der Waals surface area contributed by atoms with Crippen LogP contribution >= 0.6 is 12.2 Å². The van der Waals surface area contributed by atoms with E-state index in [0.29, 0.717) is 23.4 Å². The van der Waals surface area contributed by atoms with Gasteiger partial charge in [-0.15, -0.1) is 0 Å². The lowest BCUT2D eigenvalue weighted by Gasteiger charge is -2.09. The van der Waals surface area contributed by atoms with Gasteiger partial charge in [-0.3, -0.25) is 14.4 Å². The minimum absolute atomic E-state index is 0.0471. The molecule has 8 nitrogen and oxygen atoms in total. The standard InChI is InChI=1S/C19H20N4O4S/c20-19(28)23-15-3-1-2-13(10-15)18(27)21-11-16(24)22-14-7-4-12(5-8-14)6-9-17(25)26/h1-5,7-8,10H,6,9,11H2,(H,21,27)(H,22,24)(H,25,26)(H3,20,23,28). The molecule has 0 saturated carbocycles. The second kappa shape index (κ2) is 10.0. The first-order chi connectivity index (χ1) is 13.3. The highest BCUT2D eigenvalue weighted by molar-refractivity contribution is 7.80. The molecule has 0 heterocycles. The van der Waals surface area contributed by atoms with Crippen molar-refractivity contribution >= 4 is 46.5 Å². The van der Waals surface area contributed by atoms with Crippen LogP contribution in [0, 0.1) is 0 Å². The van der Waals surface area contributed by atoms with Crippen LogP contribution in [-0.2, 0) is 16.0 Å². The predicted octanol–water partition coefficient (Wildman–Crippen LogP) is 1.73. The maximum absolute atomic E-state index is 12.2. The fourth-order valence-electron chi connectivity index (χ4n) is 2.35. The Balaban J connectivity index is 1.84. The SMILES string of the molecule is NC(=S)Nc1cccc(C(=O)NCC(=O)Nc2ccc(CCC(=O)O)cc2)c1. The molecular formula is C19H20N4O4S. The number of amides is 2. The normalized spacial score (nSPS) is 10.0. The summed E-state index contributed by atoms with van der Waals surface area (Å²) in [5.41, 5.74) is 7.75. The molecule has 28 heavy (non-hydrogen) atoms. The Hall–Kier alpha value is -3.46. The van der Waals surface area contributed by atoms with Gasteiger partial charge >= 0.3 is 5.97 Å². The summed E-state index contributed by atoms with van der Waals surface area (Å²) in [4.78, 5) is 34.8. The summed E-state index contributed by atoms with van der Waals surface area (Å²) in [6.07, 6.45) is 0.466. The molecule has 2 amide bonds. The molecule has 0 fully saturated rings. The van der Waals surface area contributed by atoms with Crippen LogP contribution in [0.2, 0.25) is 0 Å². The number of hydrogen-bond acceptors (Lipinski definition) is 4. The molecule has 146 valence electrons. The predicted molar refractivity (Wildman–Crippen MR) is 110 cm³/mol. The summed E-state index contributed by atoms with van der Waals surface area (Å²) < 4.78 is 0. The van der Waals surface area contributed by atoms with Crippen LogP contribution in [0.1, 0.15) is 22.3 Å². The molecule has 0 aliphatic rings. The molecule has 0 radical (unpaired) electrons. The van der Waals surface area contributed by atoms with E-state index >= 15 is 0 Å². The quantitative estimate of drug-likeness (QED) is 0.426. The molecule has 0 aromatic heterocycles. The number of carboxylic acids is 1. The third-order valence-corrected chi connectivity index (χ3v) is 3.77. The van der Waals surface area contributed by atoms with Crippen molar-refractivity contribution in [3.05, 3.63) is 59.7 Å². The Kier molecular flexibility index (Phi) is 7.46. The zero-order chi connectivity index (χ0) is 20.5. The Morgan fingerprint density at radius 2 is 1.71 bits per heavy atom. The van der Waals surface area contributed by atoms with Gasteiger partial charge in [-0.05, 0) is 54.5 Å². The first kappa shape index (κ1) is 20.8. The first-order valence-electron chi connectivity index (χ1n) is 8.39. The molecule has 0 atom stereocenters. The Morgan fingerprint density at radius 1 is 1.00 bits per heavy atom. The lowest BCUT2D eigenvalue weighted by molar-refractivity contribution is -0.137. The number of carboxylic acid groups (broad SMARTS) is 1. The van der Waals surface area contributed by atoms with E-state index in [1.807, 2.05) is 0 Å². The lowest BCUT2D eigenvalue weighted by atomic mass is 10.1. The van der Waals surface area contributed by atoms with Gasteiger partial charge in [-0.1, -0.05) is 18.2 Å². The first-order valence-corrected chi connectivity index (χ1v) is 8.79. The topological polar surface area (TPSA) is 134 Å². The van der Waals surface area contributed by atoms with Crippen molar-refractivity contribution in [2.75, 3.05) is 17.2 Å². The lowest BCUT2D eigenvalue weighted by Crippen LogP contribution is -2.32. The van der Waals surface area contributed by atoms with E-state index in [0.717, 1.165) is 5.56 Å². The monoisotopic (exact) mass is 400 g/mol. The van der Waals surface area contributed by atoms with Gasteiger partial charge in [0.05, 0.1) is 6.54 Å². The van der Waals surface area contributed by atoms with Gasteiger partial charge in [0, 0.05) is 23.4 Å². The van der Waals surface area contributed by atoms with Crippen LogP contribution < -0.4 is 21.7 Å². The number of rotatable bonds is 8. The minimum atomic E-state index is -0.861. The van der Waals surface area contributed by atoms with Crippen LogP contribution in [0.5, 0.6) is 0 Å². The highest BCUT2D eigenvalue weighted by Gasteiger charge is 2.09. The molecule has 2 aromatic rings. The molecule has 0 aliphatic heterocycles. The largest absolute Gasteiger partial charge is 0.481 e. The average Bonchev–Trinajstić information content (AvgIpc) is 2.65. The number of aliphatic carboxylic acids is 1. The zero-order valence-corrected chi connectivity index (χ0v) is 15.7. The minimum Gasteiger partial charge on any atom is -0.481 e. The number of nitrogens with one attached hydrogen (secondary N) is 3. The van der Waals surface area contributed by atoms with Crippen LogP contribution in [0.4, 0.5) is 11.4 Å². The van der Waals surface area contributed by atoms with Gasteiger partial charge in [-0.25, -0.2) is 0 Å². The number of carbonyl (C=O) groups excluding carboxylic acids is 2. The van der Waals surface area contributed by atoms with Crippen LogP contribution in [0.25, 0.3) is 0 Å². The Bertz CT molecular complexity index is 884. The van der Waals surface area contributed by atoms with Crippen molar-refractivity contribution in [1.29, 1.82) is 0 Å². The maximum atomic E-state index is 12.2. The summed E-state index contributed by atoms with van der Waals surface area (Å²) in [5.74, 6) is -1.66. The third-order valence-electron chi connectivity index (χ3n) is 3.67. The van der Waals surface area contributed by atoms with Crippen molar-refractivity contribution in [2.45, 2.75) is 12.8 Å². The van der Waals surface area contributed by atoms with E-state index in [9.17, 15) is 14.4 Å². The number of thiocarbonyl (C=S) groups is 1. The van der Waals surface area contributed by atoms with Gasteiger partial charge in [0.2, 0.25) is 5.91 Å². The second-order valence-electron chi connectivity index (χ2n) is 5.89. The van der Waals surface area contributed by atoms with Crippen molar-refractivity contribution in [3.63, 3.8) is 0 Å². The molecule has 0 bridgehead atoms. The summed E-state index contributed by atoms with van der Waals surface area (Å²) in [6, 6.07) is 13.4. The number of benzene rings is 2. The molecular weight excluding hydrogens is 380 g/mol. The van der Waals surface area contributed by atoms with E-state index in [1.54, 1.807) is 48.5 Å². The average molecular weight is 400 g/mol. The molecule has 0 saturated heterocycles. The van der Waals surface area contributed by atoms with Crippen molar-refractivity contribution in [3.8, 4) is 0 Å². The van der Waals surface area contributed by atoms with E-state index in [2.05, 4.69) is 16.0 Å². The fourth-order valence-corrected chi connectivity index (χ4v) is 2.47. The van der Waals surface area contributed by atoms with Crippen LogP contribution in [-0.4, -0.2) is 34.5 Å². The van der Waals surface area contributed by atoms with E-state index in [-0.39, 0.29) is 24.0 Å². The highest BCUT2D eigenvalue weighted by atomic mass is 32.1. The smallest absolute Gasteiger partial charge is 0.303 e. The van der Waals surface area contributed by atoms with E-state index in [1.165, 1.54) is 0 Å². The Morgan fingerprint density at radius 3 is 2.36 bits per heavy atom. The van der Waals surface area contributed by atoms with Crippen molar-refractivity contribution < 1.29 is 19.5 Å². The number of aryl methyl sites for hydroxylation is 1. The molecule has 0 spiro atoms. The van der Waals surface area contributed by atoms with Crippen LogP contribution in [0.15, 0.2) is 48.5 Å². The summed E-state index contributed by atoms with van der Waals surface area (Å²) in [7, 11) is 0. The molecule has 6 N–H and O–H groups in total. The molecule has 0 unspecified atom stereocenters. The molecule has 9 heteroatoms. The van der Waals surface area contributed by atoms with Crippen molar-refractivity contribution in [1.82, 2.24) is 5.32 Å². The van der Waals surface area contributed by atoms with Gasteiger partial charge in [-0.2, -0.15) is 0 Å². The van der Waals surface area contributed by atoms with E-state index < -0.39 is 11.9 Å². The Labute approximate surface area is 167 Å². The second-order valence-corrected chi connectivity index (χ2v) is 6.33. The van der Waals surface area contributed by atoms with Gasteiger partial charge in [0.15, 0.2) is 5.11 Å². The number of carbonyl (C=O) groups is 3.